The van der Waals surface area contributed by atoms with Gasteiger partial charge in [0.25, 0.3) is 0 Å². The summed E-state index contributed by atoms with van der Waals surface area (Å²) in [4.78, 5) is 13.2. The van der Waals surface area contributed by atoms with Gasteiger partial charge in [-0.05, 0) is 83.9 Å². The van der Waals surface area contributed by atoms with Crippen LogP contribution in [0.5, 0.6) is 0 Å². The van der Waals surface area contributed by atoms with Gasteiger partial charge in [-0.2, -0.15) is 0 Å². The molecule has 1 aliphatic carbocycles. The van der Waals surface area contributed by atoms with Gasteiger partial charge in [-0.25, -0.2) is 0 Å². The summed E-state index contributed by atoms with van der Waals surface area (Å²) in [6.07, 6.45) is 4.78. The van der Waals surface area contributed by atoms with Crippen molar-refractivity contribution in [3.63, 3.8) is 0 Å². The molecule has 0 bridgehead atoms. The van der Waals surface area contributed by atoms with Crippen LogP contribution in [0, 0.1) is 0 Å². The van der Waals surface area contributed by atoms with Gasteiger partial charge < -0.3 is 9.84 Å². The van der Waals surface area contributed by atoms with Gasteiger partial charge in [0.05, 0.1) is 19.1 Å². The smallest absolute Gasteiger partial charge is 0.306 e. The molecule has 1 unspecified atom stereocenters. The molecular formula is C33H34O3S. The molecule has 4 heteroatoms. The molecule has 190 valence electrons. The molecule has 1 N–H and O–H groups in total. The first kappa shape index (κ1) is 25.4. The standard InChI is InChI=1S/C33H34O3S/c1-2-36-31(35)23-33(20-21-33)28-17-15-26(16-18-28)25-11-13-27(14-12-25)32-29(19-22-37-32)30(34)10-6-9-24-7-4-3-5-8-24/h3-5,7-8,11-19,22,30,34H,2,6,9-10,20-21,23H2,1H3. The van der Waals surface area contributed by atoms with E-state index in [0.717, 1.165) is 59.2 Å². The molecule has 1 heterocycles. The molecule has 0 aliphatic heterocycles. The van der Waals surface area contributed by atoms with Gasteiger partial charge >= 0.3 is 5.97 Å². The molecule has 4 aromatic rings. The van der Waals surface area contributed by atoms with Crippen molar-refractivity contribution in [2.45, 2.75) is 57.0 Å². The number of hydrogen-bond acceptors (Lipinski definition) is 4. The van der Waals surface area contributed by atoms with E-state index in [2.05, 4.69) is 84.2 Å². The average Bonchev–Trinajstić information content (AvgIpc) is 3.53. The van der Waals surface area contributed by atoms with Crippen LogP contribution in [-0.4, -0.2) is 17.7 Å². The summed E-state index contributed by atoms with van der Waals surface area (Å²) in [6, 6.07) is 29.8. The zero-order valence-electron chi connectivity index (χ0n) is 21.4. The van der Waals surface area contributed by atoms with E-state index in [4.69, 9.17) is 4.74 Å². The number of benzene rings is 3. The van der Waals surface area contributed by atoms with Crippen LogP contribution >= 0.6 is 11.3 Å². The molecule has 1 aliphatic rings. The first-order valence-electron chi connectivity index (χ1n) is 13.2. The van der Waals surface area contributed by atoms with Crippen molar-refractivity contribution in [1.82, 2.24) is 0 Å². The van der Waals surface area contributed by atoms with Crippen molar-refractivity contribution in [3.8, 4) is 21.6 Å². The third-order valence-corrected chi connectivity index (χ3v) is 8.44. The van der Waals surface area contributed by atoms with E-state index in [9.17, 15) is 9.90 Å². The Morgan fingerprint density at radius 3 is 2.22 bits per heavy atom. The Morgan fingerprint density at radius 1 is 0.919 bits per heavy atom. The number of carbonyl (C=O) groups excluding carboxylic acids is 1. The molecule has 0 radical (unpaired) electrons. The maximum Gasteiger partial charge on any atom is 0.306 e. The number of carbonyl (C=O) groups is 1. The predicted octanol–water partition coefficient (Wildman–Crippen LogP) is 8.12. The Bertz CT molecular complexity index is 1300. The van der Waals surface area contributed by atoms with E-state index < -0.39 is 6.10 Å². The minimum atomic E-state index is -0.457. The number of thiophene rings is 1. The highest BCUT2D eigenvalue weighted by Crippen LogP contribution is 2.51. The summed E-state index contributed by atoms with van der Waals surface area (Å²) < 4.78 is 5.18. The molecule has 0 saturated heterocycles. The lowest BCUT2D eigenvalue weighted by molar-refractivity contribution is -0.143. The van der Waals surface area contributed by atoms with Crippen LogP contribution in [0.2, 0.25) is 0 Å². The Labute approximate surface area is 223 Å². The van der Waals surface area contributed by atoms with Gasteiger partial charge in [0, 0.05) is 10.3 Å². The normalized spacial score (nSPS) is 14.8. The van der Waals surface area contributed by atoms with Crippen molar-refractivity contribution in [3.05, 3.63) is 107 Å². The number of aliphatic hydroxyl groups is 1. The molecule has 3 aromatic carbocycles. The van der Waals surface area contributed by atoms with Gasteiger partial charge in [-0.1, -0.05) is 78.9 Å². The highest BCUT2D eigenvalue weighted by atomic mass is 32.1. The highest BCUT2D eigenvalue weighted by Gasteiger charge is 2.46. The number of ether oxygens (including phenoxy) is 1. The van der Waals surface area contributed by atoms with Crippen LogP contribution in [0.1, 0.15) is 61.8 Å². The van der Waals surface area contributed by atoms with E-state index in [-0.39, 0.29) is 11.4 Å². The van der Waals surface area contributed by atoms with Crippen LogP contribution < -0.4 is 0 Å². The van der Waals surface area contributed by atoms with Gasteiger partial charge in [0.2, 0.25) is 0 Å². The minimum absolute atomic E-state index is 0.0356. The zero-order chi connectivity index (χ0) is 25.7. The van der Waals surface area contributed by atoms with E-state index >= 15 is 0 Å². The number of aliphatic hydroxyl groups excluding tert-OH is 1. The fourth-order valence-corrected chi connectivity index (χ4v) is 6.12. The third kappa shape index (κ3) is 6.03. The molecule has 1 fully saturated rings. The summed E-state index contributed by atoms with van der Waals surface area (Å²) in [5, 5.41) is 13.0. The van der Waals surface area contributed by atoms with Crippen molar-refractivity contribution >= 4 is 17.3 Å². The second kappa shape index (κ2) is 11.5. The van der Waals surface area contributed by atoms with Gasteiger partial charge in [-0.15, -0.1) is 11.3 Å². The number of aryl methyl sites for hydroxylation is 1. The van der Waals surface area contributed by atoms with Crippen molar-refractivity contribution in [1.29, 1.82) is 0 Å². The Kier molecular flexibility index (Phi) is 7.87. The number of hydrogen-bond donors (Lipinski definition) is 1. The Hall–Kier alpha value is -3.21. The second-order valence-electron chi connectivity index (χ2n) is 10.0. The Balaban J connectivity index is 1.23. The molecule has 1 atom stereocenters. The summed E-state index contributed by atoms with van der Waals surface area (Å²) in [5.74, 6) is -0.103. The molecular weight excluding hydrogens is 476 g/mol. The van der Waals surface area contributed by atoms with Gasteiger partial charge in [0.15, 0.2) is 0 Å². The van der Waals surface area contributed by atoms with Crippen LogP contribution in [0.3, 0.4) is 0 Å². The van der Waals surface area contributed by atoms with E-state index in [1.54, 1.807) is 11.3 Å². The first-order chi connectivity index (χ1) is 18.1. The highest BCUT2D eigenvalue weighted by molar-refractivity contribution is 7.13. The van der Waals surface area contributed by atoms with Crippen LogP contribution in [0.15, 0.2) is 90.3 Å². The quantitative estimate of drug-likeness (QED) is 0.207. The molecule has 3 nitrogen and oxygen atoms in total. The minimum Gasteiger partial charge on any atom is -0.466 e. The first-order valence-corrected chi connectivity index (χ1v) is 14.1. The Morgan fingerprint density at radius 2 is 1.57 bits per heavy atom. The van der Waals surface area contributed by atoms with Crippen molar-refractivity contribution in [2.24, 2.45) is 0 Å². The molecule has 1 aromatic heterocycles. The molecule has 0 amide bonds. The molecule has 0 spiro atoms. The lowest BCUT2D eigenvalue weighted by Crippen LogP contribution is -2.15. The zero-order valence-corrected chi connectivity index (χ0v) is 22.2. The fraction of sp³-hybridized carbons (Fsp3) is 0.303. The fourth-order valence-electron chi connectivity index (χ4n) is 5.15. The maximum absolute atomic E-state index is 12.0. The van der Waals surface area contributed by atoms with Crippen molar-refractivity contribution in [2.75, 3.05) is 6.61 Å². The van der Waals surface area contributed by atoms with Crippen LogP contribution in [0.25, 0.3) is 21.6 Å². The second-order valence-corrected chi connectivity index (χ2v) is 10.9. The predicted molar refractivity (Wildman–Crippen MR) is 152 cm³/mol. The lowest BCUT2D eigenvalue weighted by Gasteiger charge is -2.15. The third-order valence-electron chi connectivity index (χ3n) is 7.46. The van der Waals surface area contributed by atoms with Crippen molar-refractivity contribution < 1.29 is 14.6 Å². The summed E-state index contributed by atoms with van der Waals surface area (Å²) in [5.41, 5.74) is 6.99. The molecule has 37 heavy (non-hydrogen) atoms. The maximum atomic E-state index is 12.0. The molecule has 5 rings (SSSR count). The van der Waals surface area contributed by atoms with Gasteiger partial charge in [-0.3, -0.25) is 4.79 Å². The van der Waals surface area contributed by atoms with Crippen LogP contribution in [-0.2, 0) is 21.4 Å². The average molecular weight is 511 g/mol. The number of esters is 1. The summed E-state index contributed by atoms with van der Waals surface area (Å²) >= 11 is 1.68. The monoisotopic (exact) mass is 510 g/mol. The van der Waals surface area contributed by atoms with E-state index in [1.165, 1.54) is 11.1 Å². The lowest BCUT2D eigenvalue weighted by atomic mass is 9.90. The van der Waals surface area contributed by atoms with E-state index in [0.29, 0.717) is 13.0 Å². The summed E-state index contributed by atoms with van der Waals surface area (Å²) in [7, 11) is 0. The number of rotatable bonds is 11. The largest absolute Gasteiger partial charge is 0.466 e. The summed E-state index contributed by atoms with van der Waals surface area (Å²) in [6.45, 7) is 2.29. The SMILES string of the molecule is CCOC(=O)CC1(c2ccc(-c3ccc(-c4sccc4C(O)CCCc4ccccc4)cc3)cc2)CC1. The topological polar surface area (TPSA) is 46.5 Å². The van der Waals surface area contributed by atoms with E-state index in [1.807, 2.05) is 13.0 Å². The molecule has 1 saturated carbocycles. The van der Waals surface area contributed by atoms with Crippen LogP contribution in [0.4, 0.5) is 0 Å². The van der Waals surface area contributed by atoms with Gasteiger partial charge in [0.1, 0.15) is 0 Å².